The Morgan fingerprint density at radius 1 is 1.24 bits per heavy atom. The fourth-order valence-corrected chi connectivity index (χ4v) is 2.64. The molecule has 0 aromatic heterocycles. The van der Waals surface area contributed by atoms with Gasteiger partial charge in [0, 0.05) is 12.2 Å². The van der Waals surface area contributed by atoms with Crippen molar-refractivity contribution in [2.24, 2.45) is 5.92 Å². The molecular weight excluding hydrogens is 210 g/mol. The summed E-state index contributed by atoms with van der Waals surface area (Å²) in [6.07, 6.45) is 7.03. The number of nitrogens with one attached hydrogen (secondary N) is 1. The summed E-state index contributed by atoms with van der Waals surface area (Å²) in [5, 5.41) is 3.55. The normalized spacial score (nSPS) is 16.8. The number of hydrogen-bond acceptors (Lipinski definition) is 2. The number of hydrogen-bond donors (Lipinski definition) is 1. The maximum atomic E-state index is 5.27. The van der Waals surface area contributed by atoms with Gasteiger partial charge in [0.1, 0.15) is 5.75 Å². The highest BCUT2D eigenvalue weighted by Gasteiger charge is 2.12. The molecule has 94 valence electrons. The van der Waals surface area contributed by atoms with E-state index >= 15 is 0 Å². The van der Waals surface area contributed by atoms with Gasteiger partial charge in [0.05, 0.1) is 7.11 Å². The average Bonchev–Trinajstić information content (AvgIpc) is 2.38. The van der Waals surface area contributed by atoms with Gasteiger partial charge in [-0.3, -0.25) is 0 Å². The minimum absolute atomic E-state index is 0.867. The quantitative estimate of drug-likeness (QED) is 0.848. The Hall–Kier alpha value is -1.18. The molecule has 1 aromatic rings. The number of aryl methyl sites for hydroxylation is 1. The van der Waals surface area contributed by atoms with Crippen LogP contribution in [0.2, 0.25) is 0 Å². The maximum absolute atomic E-state index is 5.27. The molecule has 0 bridgehead atoms. The molecule has 2 rings (SSSR count). The van der Waals surface area contributed by atoms with Crippen LogP contribution >= 0.6 is 0 Å². The lowest BCUT2D eigenvalue weighted by Gasteiger charge is -2.22. The third kappa shape index (κ3) is 3.39. The Morgan fingerprint density at radius 3 is 2.65 bits per heavy atom. The van der Waals surface area contributed by atoms with Gasteiger partial charge in [0.15, 0.2) is 0 Å². The van der Waals surface area contributed by atoms with Crippen LogP contribution in [0.15, 0.2) is 18.2 Å². The number of rotatable bonds is 4. The van der Waals surface area contributed by atoms with Gasteiger partial charge in [-0.15, -0.1) is 0 Å². The highest BCUT2D eigenvalue weighted by Crippen LogP contribution is 2.25. The predicted octanol–water partition coefficient (Wildman–Crippen LogP) is 4.00. The first kappa shape index (κ1) is 12.3. The molecular formula is C15H23NO. The van der Waals surface area contributed by atoms with Crippen molar-refractivity contribution >= 4 is 5.69 Å². The van der Waals surface area contributed by atoms with Crippen molar-refractivity contribution in [2.75, 3.05) is 19.0 Å². The van der Waals surface area contributed by atoms with E-state index in [0.717, 1.165) is 18.2 Å². The third-order valence-corrected chi connectivity index (χ3v) is 3.71. The third-order valence-electron chi connectivity index (χ3n) is 3.71. The molecule has 0 amide bonds. The van der Waals surface area contributed by atoms with Gasteiger partial charge >= 0.3 is 0 Å². The first-order valence-corrected chi connectivity index (χ1v) is 6.68. The highest BCUT2D eigenvalue weighted by atomic mass is 16.5. The summed E-state index contributed by atoms with van der Waals surface area (Å²) in [5.41, 5.74) is 2.41. The van der Waals surface area contributed by atoms with Crippen LogP contribution in [0.4, 0.5) is 5.69 Å². The molecule has 1 aromatic carbocycles. The van der Waals surface area contributed by atoms with E-state index < -0.39 is 0 Å². The molecule has 1 fully saturated rings. The molecule has 0 atom stereocenters. The Bertz CT molecular complexity index is 356. The first-order valence-electron chi connectivity index (χ1n) is 6.68. The molecule has 17 heavy (non-hydrogen) atoms. The highest BCUT2D eigenvalue weighted by molar-refractivity contribution is 5.50. The molecule has 1 aliphatic rings. The second-order valence-electron chi connectivity index (χ2n) is 5.07. The van der Waals surface area contributed by atoms with Gasteiger partial charge in [0.25, 0.3) is 0 Å². The minimum atomic E-state index is 0.867. The molecule has 0 radical (unpaired) electrons. The lowest BCUT2D eigenvalue weighted by molar-refractivity contribution is 0.373. The Labute approximate surface area is 104 Å². The second-order valence-corrected chi connectivity index (χ2v) is 5.07. The van der Waals surface area contributed by atoms with E-state index in [0.29, 0.717) is 0 Å². The fraction of sp³-hybridized carbons (Fsp3) is 0.600. The SMILES string of the molecule is COc1ccc(NCC2CCCCC2)cc1C. The number of benzene rings is 1. The predicted molar refractivity (Wildman–Crippen MR) is 72.8 cm³/mol. The van der Waals surface area contributed by atoms with Gasteiger partial charge < -0.3 is 10.1 Å². The monoisotopic (exact) mass is 233 g/mol. The summed E-state index contributed by atoms with van der Waals surface area (Å²) in [5.74, 6) is 1.83. The second kappa shape index (κ2) is 5.95. The molecule has 1 N–H and O–H groups in total. The van der Waals surface area contributed by atoms with Crippen molar-refractivity contribution in [1.82, 2.24) is 0 Å². The maximum Gasteiger partial charge on any atom is 0.121 e. The summed E-state index contributed by atoms with van der Waals surface area (Å²) in [6.45, 7) is 3.20. The zero-order valence-corrected chi connectivity index (χ0v) is 11.0. The van der Waals surface area contributed by atoms with Gasteiger partial charge in [0.2, 0.25) is 0 Å². The smallest absolute Gasteiger partial charge is 0.121 e. The Kier molecular flexibility index (Phi) is 4.29. The van der Waals surface area contributed by atoms with E-state index in [9.17, 15) is 0 Å². The molecule has 0 heterocycles. The van der Waals surface area contributed by atoms with E-state index in [-0.39, 0.29) is 0 Å². The molecule has 0 aliphatic heterocycles. The lowest BCUT2D eigenvalue weighted by Crippen LogP contribution is -2.17. The van der Waals surface area contributed by atoms with E-state index in [4.69, 9.17) is 4.74 Å². The van der Waals surface area contributed by atoms with E-state index in [1.807, 2.05) is 6.07 Å². The van der Waals surface area contributed by atoms with E-state index in [1.54, 1.807) is 7.11 Å². The molecule has 2 nitrogen and oxygen atoms in total. The van der Waals surface area contributed by atoms with Crippen LogP contribution in [0, 0.1) is 12.8 Å². The van der Waals surface area contributed by atoms with Gasteiger partial charge in [-0.1, -0.05) is 19.3 Å². The zero-order valence-electron chi connectivity index (χ0n) is 11.0. The molecule has 0 unspecified atom stereocenters. The van der Waals surface area contributed by atoms with Crippen LogP contribution in [0.1, 0.15) is 37.7 Å². The zero-order chi connectivity index (χ0) is 12.1. The van der Waals surface area contributed by atoms with Crippen molar-refractivity contribution in [3.63, 3.8) is 0 Å². The van der Waals surface area contributed by atoms with Crippen molar-refractivity contribution in [2.45, 2.75) is 39.0 Å². The van der Waals surface area contributed by atoms with Crippen molar-refractivity contribution in [3.05, 3.63) is 23.8 Å². The van der Waals surface area contributed by atoms with Crippen LogP contribution in [0.25, 0.3) is 0 Å². The minimum Gasteiger partial charge on any atom is -0.496 e. The molecule has 1 aliphatic carbocycles. The first-order chi connectivity index (χ1) is 8.29. The number of methoxy groups -OCH3 is 1. The Balaban J connectivity index is 1.87. The van der Waals surface area contributed by atoms with Crippen LogP contribution in [0.5, 0.6) is 5.75 Å². The van der Waals surface area contributed by atoms with Crippen molar-refractivity contribution in [1.29, 1.82) is 0 Å². The molecule has 1 saturated carbocycles. The van der Waals surface area contributed by atoms with E-state index in [2.05, 4.69) is 24.4 Å². The van der Waals surface area contributed by atoms with Crippen LogP contribution in [0.3, 0.4) is 0 Å². The lowest BCUT2D eigenvalue weighted by atomic mass is 9.89. The average molecular weight is 233 g/mol. The van der Waals surface area contributed by atoms with Crippen LogP contribution < -0.4 is 10.1 Å². The fourth-order valence-electron chi connectivity index (χ4n) is 2.64. The van der Waals surface area contributed by atoms with Gasteiger partial charge in [-0.2, -0.15) is 0 Å². The van der Waals surface area contributed by atoms with Gasteiger partial charge in [-0.25, -0.2) is 0 Å². The summed E-state index contributed by atoms with van der Waals surface area (Å²) >= 11 is 0. The van der Waals surface area contributed by atoms with E-state index in [1.165, 1.54) is 43.4 Å². The standard InChI is InChI=1S/C15H23NO/c1-12-10-14(8-9-15(12)17-2)16-11-13-6-4-3-5-7-13/h8-10,13,16H,3-7,11H2,1-2H3. The molecule has 2 heteroatoms. The van der Waals surface area contributed by atoms with Crippen molar-refractivity contribution in [3.8, 4) is 5.75 Å². The van der Waals surface area contributed by atoms with Crippen LogP contribution in [-0.4, -0.2) is 13.7 Å². The van der Waals surface area contributed by atoms with Crippen LogP contribution in [-0.2, 0) is 0 Å². The summed E-state index contributed by atoms with van der Waals surface area (Å²) in [4.78, 5) is 0. The largest absolute Gasteiger partial charge is 0.496 e. The van der Waals surface area contributed by atoms with Gasteiger partial charge in [-0.05, 0) is 49.4 Å². The molecule has 0 saturated heterocycles. The van der Waals surface area contributed by atoms with Crippen molar-refractivity contribution < 1.29 is 4.74 Å². The number of anilines is 1. The summed E-state index contributed by atoms with van der Waals surface area (Å²) in [6, 6.07) is 6.31. The number of ether oxygens (including phenoxy) is 1. The molecule has 0 spiro atoms. The Morgan fingerprint density at radius 2 is 2.00 bits per heavy atom. The summed E-state index contributed by atoms with van der Waals surface area (Å²) in [7, 11) is 1.72. The topological polar surface area (TPSA) is 21.3 Å². The summed E-state index contributed by atoms with van der Waals surface area (Å²) < 4.78 is 5.27.